The van der Waals surface area contributed by atoms with Crippen LogP contribution in [0.3, 0.4) is 0 Å². The van der Waals surface area contributed by atoms with Crippen molar-refractivity contribution in [3.8, 4) is 0 Å². The number of hydrogen-bond donors (Lipinski definition) is 2. The summed E-state index contributed by atoms with van der Waals surface area (Å²) in [7, 11) is 0. The number of benzene rings is 1. The summed E-state index contributed by atoms with van der Waals surface area (Å²) in [4.78, 5) is 0. The molecule has 1 aromatic carbocycles. The van der Waals surface area contributed by atoms with Crippen LogP contribution in [0.15, 0.2) is 24.3 Å². The molecule has 1 aromatic rings. The Hall–Kier alpha value is -0.930. The average Bonchev–Trinajstić information content (AvgIpc) is 2.20. The van der Waals surface area contributed by atoms with Crippen molar-refractivity contribution >= 4 is 0 Å². The predicted molar refractivity (Wildman–Crippen MR) is 54.6 cm³/mol. The fourth-order valence-electron chi connectivity index (χ4n) is 2.01. The summed E-state index contributed by atoms with van der Waals surface area (Å²) < 4.78 is 12.7. The highest BCUT2D eigenvalue weighted by Gasteiger charge is 2.22. The van der Waals surface area contributed by atoms with E-state index in [1.165, 1.54) is 12.1 Å². The van der Waals surface area contributed by atoms with Crippen LogP contribution in [-0.2, 0) is 0 Å². The number of hydrogen-bond acceptors (Lipinski definition) is 2. The van der Waals surface area contributed by atoms with Crippen molar-refractivity contribution in [3.05, 3.63) is 35.6 Å². The maximum absolute atomic E-state index is 12.7. The summed E-state index contributed by atoms with van der Waals surface area (Å²) in [6.07, 6.45) is 1.03. The molecule has 0 unspecified atom stereocenters. The van der Waals surface area contributed by atoms with Crippen molar-refractivity contribution in [3.63, 3.8) is 0 Å². The van der Waals surface area contributed by atoms with Crippen LogP contribution in [0.5, 0.6) is 0 Å². The van der Waals surface area contributed by atoms with Gasteiger partial charge in [-0.15, -0.1) is 0 Å². The van der Waals surface area contributed by atoms with Gasteiger partial charge in [-0.1, -0.05) is 12.1 Å². The first-order valence-corrected chi connectivity index (χ1v) is 4.99. The van der Waals surface area contributed by atoms with Gasteiger partial charge in [0.15, 0.2) is 0 Å². The number of rotatable bonds is 1. The van der Waals surface area contributed by atoms with Gasteiger partial charge in [0.25, 0.3) is 0 Å². The Labute approximate surface area is 83.3 Å². The molecule has 2 nitrogen and oxygen atoms in total. The Morgan fingerprint density at radius 3 is 2.64 bits per heavy atom. The third kappa shape index (κ3) is 1.94. The molecule has 2 rings (SSSR count). The molecule has 3 N–H and O–H groups in total. The third-order valence-corrected chi connectivity index (χ3v) is 2.83. The van der Waals surface area contributed by atoms with Crippen LogP contribution >= 0.6 is 0 Å². The molecule has 1 heterocycles. The lowest BCUT2D eigenvalue weighted by molar-refractivity contribution is 0.402. The summed E-state index contributed by atoms with van der Waals surface area (Å²) in [5.74, 6) is 0.188. The number of piperidine rings is 1. The van der Waals surface area contributed by atoms with Crippen LogP contribution in [0, 0.1) is 5.82 Å². The summed E-state index contributed by atoms with van der Waals surface area (Å²) in [5, 5.41) is 3.25. The van der Waals surface area contributed by atoms with Crippen LogP contribution in [-0.4, -0.2) is 19.1 Å². The summed E-state index contributed by atoms with van der Waals surface area (Å²) in [5.41, 5.74) is 7.15. The monoisotopic (exact) mass is 194 g/mol. The second-order valence-electron chi connectivity index (χ2n) is 3.81. The summed E-state index contributed by atoms with van der Waals surface area (Å²) in [6.45, 7) is 1.85. The van der Waals surface area contributed by atoms with Crippen molar-refractivity contribution < 1.29 is 4.39 Å². The maximum atomic E-state index is 12.7. The average molecular weight is 194 g/mol. The maximum Gasteiger partial charge on any atom is 0.123 e. The number of halogens is 1. The van der Waals surface area contributed by atoms with Gasteiger partial charge in [0.1, 0.15) is 5.82 Å². The molecular weight excluding hydrogens is 179 g/mol. The quantitative estimate of drug-likeness (QED) is 0.705. The van der Waals surface area contributed by atoms with E-state index in [1.807, 2.05) is 12.1 Å². The van der Waals surface area contributed by atoms with Crippen molar-refractivity contribution in [1.29, 1.82) is 0 Å². The zero-order chi connectivity index (χ0) is 9.97. The highest BCUT2D eigenvalue weighted by atomic mass is 19.1. The molecule has 0 bridgehead atoms. The van der Waals surface area contributed by atoms with Gasteiger partial charge in [0, 0.05) is 18.5 Å². The fraction of sp³-hybridized carbons (Fsp3) is 0.455. The van der Waals surface area contributed by atoms with E-state index in [-0.39, 0.29) is 11.9 Å². The van der Waals surface area contributed by atoms with Crippen molar-refractivity contribution in [1.82, 2.24) is 5.32 Å². The first-order chi connectivity index (χ1) is 6.77. The van der Waals surface area contributed by atoms with Crippen molar-refractivity contribution in [2.24, 2.45) is 5.73 Å². The molecule has 3 heteroatoms. The molecule has 0 aromatic heterocycles. The second-order valence-corrected chi connectivity index (χ2v) is 3.81. The van der Waals surface area contributed by atoms with Gasteiger partial charge in [0.05, 0.1) is 0 Å². The minimum absolute atomic E-state index is 0.147. The Morgan fingerprint density at radius 1 is 1.29 bits per heavy atom. The third-order valence-electron chi connectivity index (χ3n) is 2.83. The van der Waals surface area contributed by atoms with E-state index in [0.717, 1.165) is 25.1 Å². The van der Waals surface area contributed by atoms with Gasteiger partial charge >= 0.3 is 0 Å². The lowest BCUT2D eigenvalue weighted by atomic mass is 9.87. The number of nitrogens with two attached hydrogens (primary N) is 1. The minimum atomic E-state index is -0.184. The Kier molecular flexibility index (Phi) is 2.79. The second kappa shape index (κ2) is 4.07. The lowest BCUT2D eigenvalue weighted by Crippen LogP contribution is -2.44. The lowest BCUT2D eigenvalue weighted by Gasteiger charge is -2.29. The molecule has 1 aliphatic heterocycles. The van der Waals surface area contributed by atoms with E-state index >= 15 is 0 Å². The Bertz CT molecular complexity index is 297. The molecule has 14 heavy (non-hydrogen) atoms. The summed E-state index contributed by atoms with van der Waals surface area (Å²) in [6, 6.07) is 6.83. The van der Waals surface area contributed by atoms with Gasteiger partial charge in [-0.3, -0.25) is 0 Å². The van der Waals surface area contributed by atoms with Crippen LogP contribution in [0.4, 0.5) is 4.39 Å². The van der Waals surface area contributed by atoms with E-state index in [9.17, 15) is 4.39 Å². The fourth-order valence-corrected chi connectivity index (χ4v) is 2.01. The molecule has 1 saturated heterocycles. The predicted octanol–water partition coefficient (Wildman–Crippen LogP) is 1.23. The Morgan fingerprint density at radius 2 is 2.00 bits per heavy atom. The first kappa shape index (κ1) is 9.62. The van der Waals surface area contributed by atoms with Gasteiger partial charge in [-0.25, -0.2) is 4.39 Å². The van der Waals surface area contributed by atoms with Crippen LogP contribution in [0.1, 0.15) is 17.9 Å². The van der Waals surface area contributed by atoms with Crippen LogP contribution in [0.2, 0.25) is 0 Å². The van der Waals surface area contributed by atoms with E-state index < -0.39 is 0 Å². The van der Waals surface area contributed by atoms with Gasteiger partial charge in [0.2, 0.25) is 0 Å². The molecule has 0 radical (unpaired) electrons. The standard InChI is InChI=1S/C11H15FN2/c12-9-3-1-8(2-4-9)10-5-6-14-7-11(10)13/h1-4,10-11,14H,5-7,13H2/t10-,11-/m0/s1. The number of nitrogens with one attached hydrogen (secondary N) is 1. The molecular formula is C11H15FN2. The molecule has 1 aliphatic rings. The molecule has 2 atom stereocenters. The molecule has 0 aliphatic carbocycles. The molecule has 76 valence electrons. The van der Waals surface area contributed by atoms with E-state index in [1.54, 1.807) is 0 Å². The largest absolute Gasteiger partial charge is 0.326 e. The summed E-state index contributed by atoms with van der Waals surface area (Å²) >= 11 is 0. The van der Waals surface area contributed by atoms with Gasteiger partial charge < -0.3 is 11.1 Å². The molecule has 0 saturated carbocycles. The zero-order valence-corrected chi connectivity index (χ0v) is 8.04. The van der Waals surface area contributed by atoms with Gasteiger partial charge in [-0.2, -0.15) is 0 Å². The zero-order valence-electron chi connectivity index (χ0n) is 8.04. The van der Waals surface area contributed by atoms with E-state index in [4.69, 9.17) is 5.73 Å². The highest BCUT2D eigenvalue weighted by molar-refractivity contribution is 5.22. The van der Waals surface area contributed by atoms with Crippen molar-refractivity contribution in [2.45, 2.75) is 18.4 Å². The SMILES string of the molecule is N[C@H]1CNCC[C@H]1c1ccc(F)cc1. The smallest absolute Gasteiger partial charge is 0.123 e. The highest BCUT2D eigenvalue weighted by Crippen LogP contribution is 2.24. The topological polar surface area (TPSA) is 38.0 Å². The molecule has 0 spiro atoms. The Balaban J connectivity index is 2.16. The van der Waals surface area contributed by atoms with Crippen molar-refractivity contribution in [2.75, 3.05) is 13.1 Å². The minimum Gasteiger partial charge on any atom is -0.326 e. The van der Waals surface area contributed by atoms with Crippen LogP contribution in [0.25, 0.3) is 0 Å². The van der Waals surface area contributed by atoms with E-state index in [2.05, 4.69) is 5.32 Å². The molecule has 0 amide bonds. The van der Waals surface area contributed by atoms with Crippen LogP contribution < -0.4 is 11.1 Å². The van der Waals surface area contributed by atoms with Gasteiger partial charge in [-0.05, 0) is 30.7 Å². The normalized spacial score (nSPS) is 27.6. The first-order valence-electron chi connectivity index (χ1n) is 4.99. The molecule has 1 fully saturated rings. The van der Waals surface area contributed by atoms with E-state index in [0.29, 0.717) is 5.92 Å².